The molecular formula is C19H29N. The standard InChI is InChI=1S/C19H29N/c1-18(2,3)15-9-14-12-20(6)11-13-7-8-19(4,5)16(10-15)17(13)14/h9-10,13H,7-8,11-12H2,1-6H3/t13-/m0/s1. The summed E-state index contributed by atoms with van der Waals surface area (Å²) in [7, 11) is 2.27. The Morgan fingerprint density at radius 2 is 1.90 bits per heavy atom. The predicted molar refractivity (Wildman–Crippen MR) is 86.5 cm³/mol. The lowest BCUT2D eigenvalue weighted by atomic mass is 9.65. The molecule has 1 aliphatic carbocycles. The summed E-state index contributed by atoms with van der Waals surface area (Å²) in [6.07, 6.45) is 2.68. The van der Waals surface area contributed by atoms with Gasteiger partial charge in [-0.2, -0.15) is 0 Å². The number of nitrogens with zero attached hydrogens (tertiary/aromatic N) is 1. The van der Waals surface area contributed by atoms with E-state index in [-0.39, 0.29) is 5.41 Å². The molecule has 0 saturated heterocycles. The van der Waals surface area contributed by atoms with E-state index in [0.717, 1.165) is 12.5 Å². The van der Waals surface area contributed by atoms with Crippen molar-refractivity contribution in [2.75, 3.05) is 13.6 Å². The molecule has 3 rings (SSSR count). The minimum Gasteiger partial charge on any atom is -0.301 e. The third-order valence-electron chi connectivity index (χ3n) is 5.36. The molecule has 1 heteroatoms. The first-order chi connectivity index (χ1) is 9.18. The van der Waals surface area contributed by atoms with Crippen molar-refractivity contribution in [2.24, 2.45) is 0 Å². The molecule has 0 spiro atoms. The minimum absolute atomic E-state index is 0.241. The van der Waals surface area contributed by atoms with E-state index in [1.165, 1.54) is 24.9 Å². The molecule has 0 amide bonds. The zero-order valence-corrected chi connectivity index (χ0v) is 14.0. The highest BCUT2D eigenvalue weighted by atomic mass is 15.1. The van der Waals surface area contributed by atoms with Crippen molar-refractivity contribution in [2.45, 2.75) is 70.8 Å². The van der Waals surface area contributed by atoms with E-state index < -0.39 is 0 Å². The second kappa shape index (κ2) is 4.34. The summed E-state index contributed by atoms with van der Waals surface area (Å²) in [6, 6.07) is 5.01. The third-order valence-corrected chi connectivity index (χ3v) is 5.36. The van der Waals surface area contributed by atoms with Gasteiger partial charge in [0.2, 0.25) is 0 Å². The molecule has 0 fully saturated rings. The van der Waals surface area contributed by atoms with Gasteiger partial charge in [-0.25, -0.2) is 0 Å². The Balaban J connectivity index is 2.23. The monoisotopic (exact) mass is 271 g/mol. The van der Waals surface area contributed by atoms with Crippen LogP contribution in [-0.2, 0) is 17.4 Å². The summed E-state index contributed by atoms with van der Waals surface area (Å²) in [5.41, 5.74) is 7.04. The average Bonchev–Trinajstić information content (AvgIpc) is 2.32. The molecule has 2 aliphatic rings. The summed E-state index contributed by atoms with van der Waals surface area (Å²) in [6.45, 7) is 14.2. The molecule has 0 aromatic heterocycles. The van der Waals surface area contributed by atoms with Gasteiger partial charge in [0, 0.05) is 13.1 Å². The first-order valence-corrected chi connectivity index (χ1v) is 8.05. The topological polar surface area (TPSA) is 3.24 Å². The Hall–Kier alpha value is -0.820. The van der Waals surface area contributed by atoms with Gasteiger partial charge in [0.05, 0.1) is 0 Å². The van der Waals surface area contributed by atoms with Crippen molar-refractivity contribution in [1.82, 2.24) is 4.90 Å². The smallest absolute Gasteiger partial charge is 0.0233 e. The summed E-state index contributed by atoms with van der Waals surface area (Å²) >= 11 is 0. The van der Waals surface area contributed by atoms with Gasteiger partial charge >= 0.3 is 0 Å². The fourth-order valence-electron chi connectivity index (χ4n) is 4.05. The molecule has 1 atom stereocenters. The average molecular weight is 271 g/mol. The highest BCUT2D eigenvalue weighted by Gasteiger charge is 2.37. The van der Waals surface area contributed by atoms with Crippen molar-refractivity contribution >= 4 is 0 Å². The van der Waals surface area contributed by atoms with Gasteiger partial charge < -0.3 is 4.90 Å². The summed E-state index contributed by atoms with van der Waals surface area (Å²) in [5.74, 6) is 0.765. The first-order valence-electron chi connectivity index (χ1n) is 8.05. The molecule has 0 saturated carbocycles. The molecule has 110 valence electrons. The maximum Gasteiger partial charge on any atom is 0.0233 e. The molecule has 20 heavy (non-hydrogen) atoms. The second-order valence-corrected chi connectivity index (χ2v) is 8.66. The molecule has 1 nitrogen and oxygen atoms in total. The lowest BCUT2D eigenvalue weighted by Crippen LogP contribution is -2.37. The lowest BCUT2D eigenvalue weighted by molar-refractivity contribution is 0.248. The second-order valence-electron chi connectivity index (χ2n) is 8.66. The Kier molecular flexibility index (Phi) is 3.06. The van der Waals surface area contributed by atoms with Crippen molar-refractivity contribution in [3.8, 4) is 0 Å². The van der Waals surface area contributed by atoms with Gasteiger partial charge in [-0.3, -0.25) is 0 Å². The van der Waals surface area contributed by atoms with Gasteiger partial charge in [0.1, 0.15) is 0 Å². The van der Waals surface area contributed by atoms with Crippen LogP contribution in [0.4, 0.5) is 0 Å². The fraction of sp³-hybridized carbons (Fsp3) is 0.684. The van der Waals surface area contributed by atoms with E-state index >= 15 is 0 Å². The van der Waals surface area contributed by atoms with E-state index in [0.29, 0.717) is 5.41 Å². The highest BCUT2D eigenvalue weighted by Crippen LogP contribution is 2.47. The van der Waals surface area contributed by atoms with Gasteiger partial charge in [-0.15, -0.1) is 0 Å². The highest BCUT2D eigenvalue weighted by molar-refractivity contribution is 5.49. The van der Waals surface area contributed by atoms with Crippen LogP contribution in [0.3, 0.4) is 0 Å². The van der Waals surface area contributed by atoms with Crippen LogP contribution in [0.5, 0.6) is 0 Å². The number of hydrogen-bond acceptors (Lipinski definition) is 1. The van der Waals surface area contributed by atoms with Crippen LogP contribution in [-0.4, -0.2) is 18.5 Å². The van der Waals surface area contributed by atoms with E-state index in [4.69, 9.17) is 0 Å². The molecule has 1 aromatic rings. The van der Waals surface area contributed by atoms with E-state index in [9.17, 15) is 0 Å². The molecule has 0 unspecified atom stereocenters. The van der Waals surface area contributed by atoms with Gasteiger partial charge in [-0.05, 0) is 58.9 Å². The maximum absolute atomic E-state index is 2.52. The van der Waals surface area contributed by atoms with Crippen LogP contribution in [0.15, 0.2) is 12.1 Å². The van der Waals surface area contributed by atoms with Crippen molar-refractivity contribution in [1.29, 1.82) is 0 Å². The van der Waals surface area contributed by atoms with Crippen LogP contribution in [0.2, 0.25) is 0 Å². The number of likely N-dealkylation sites (N-methyl/N-ethyl adjacent to an activating group) is 1. The SMILES string of the molecule is CN1Cc2cc(C(C)(C)C)cc3c2[C@@H](CCC3(C)C)C1. The Morgan fingerprint density at radius 3 is 2.55 bits per heavy atom. The molecular weight excluding hydrogens is 242 g/mol. The normalized spacial score (nSPS) is 25.4. The fourth-order valence-corrected chi connectivity index (χ4v) is 4.05. The molecule has 0 bridgehead atoms. The maximum atomic E-state index is 2.52. The van der Waals surface area contributed by atoms with Crippen LogP contribution >= 0.6 is 0 Å². The zero-order valence-electron chi connectivity index (χ0n) is 14.0. The summed E-state index contributed by atoms with van der Waals surface area (Å²) < 4.78 is 0. The lowest BCUT2D eigenvalue weighted by Gasteiger charge is -2.44. The minimum atomic E-state index is 0.241. The number of hydrogen-bond donors (Lipinski definition) is 0. The largest absolute Gasteiger partial charge is 0.301 e. The summed E-state index contributed by atoms with van der Waals surface area (Å²) in [5, 5.41) is 0. The molecule has 1 aliphatic heterocycles. The first kappa shape index (κ1) is 14.1. The van der Waals surface area contributed by atoms with Crippen LogP contribution in [0, 0.1) is 0 Å². The van der Waals surface area contributed by atoms with Crippen LogP contribution in [0.25, 0.3) is 0 Å². The third kappa shape index (κ3) is 2.20. The Labute approximate surface area is 124 Å². The quantitative estimate of drug-likeness (QED) is 0.667. The van der Waals surface area contributed by atoms with Crippen molar-refractivity contribution < 1.29 is 0 Å². The van der Waals surface area contributed by atoms with Gasteiger partial charge in [0.25, 0.3) is 0 Å². The van der Waals surface area contributed by atoms with E-state index in [1.54, 1.807) is 16.7 Å². The van der Waals surface area contributed by atoms with Crippen molar-refractivity contribution in [3.63, 3.8) is 0 Å². The van der Waals surface area contributed by atoms with Gasteiger partial charge in [-0.1, -0.05) is 46.8 Å². The molecule has 1 heterocycles. The Bertz CT molecular complexity index is 533. The van der Waals surface area contributed by atoms with E-state index in [1.807, 2.05) is 0 Å². The van der Waals surface area contributed by atoms with Crippen molar-refractivity contribution in [3.05, 3.63) is 34.4 Å². The number of rotatable bonds is 0. The van der Waals surface area contributed by atoms with Crippen LogP contribution < -0.4 is 0 Å². The molecule has 1 aromatic carbocycles. The Morgan fingerprint density at radius 1 is 1.20 bits per heavy atom. The van der Waals surface area contributed by atoms with E-state index in [2.05, 4.69) is 58.7 Å². The van der Waals surface area contributed by atoms with Gasteiger partial charge in [0.15, 0.2) is 0 Å². The summed E-state index contributed by atoms with van der Waals surface area (Å²) in [4.78, 5) is 2.50. The molecule has 0 N–H and O–H groups in total. The van der Waals surface area contributed by atoms with Crippen LogP contribution in [0.1, 0.15) is 75.6 Å². The zero-order chi connectivity index (χ0) is 14.7. The molecule has 0 radical (unpaired) electrons. The predicted octanol–water partition coefficient (Wildman–Crippen LogP) is 4.58. The number of benzene rings is 1.